The van der Waals surface area contributed by atoms with Gasteiger partial charge in [-0.05, 0) is 36.9 Å². The van der Waals surface area contributed by atoms with Crippen molar-refractivity contribution in [3.8, 4) is 5.75 Å². The summed E-state index contributed by atoms with van der Waals surface area (Å²) in [7, 11) is 1.68. The Morgan fingerprint density at radius 3 is 2.76 bits per heavy atom. The number of halogens is 2. The van der Waals surface area contributed by atoms with E-state index in [-0.39, 0.29) is 5.92 Å². The number of rotatable bonds is 4. The van der Waals surface area contributed by atoms with Crippen molar-refractivity contribution in [3.63, 3.8) is 0 Å². The van der Waals surface area contributed by atoms with E-state index < -0.39 is 11.6 Å². The molecule has 0 radical (unpaired) electrons. The van der Waals surface area contributed by atoms with Crippen LogP contribution in [-0.2, 0) is 6.54 Å². The van der Waals surface area contributed by atoms with Crippen molar-refractivity contribution < 1.29 is 13.9 Å². The van der Waals surface area contributed by atoms with Crippen LogP contribution in [0.15, 0.2) is 18.2 Å². The first kappa shape index (κ1) is 16.6. The maximum absolute atomic E-state index is 13.5. The van der Waals surface area contributed by atoms with Gasteiger partial charge >= 0.3 is 0 Å². The number of likely N-dealkylation sites (tertiary alicyclic amines) is 1. The van der Waals surface area contributed by atoms with Gasteiger partial charge in [-0.15, -0.1) is 0 Å². The molecule has 1 saturated heterocycles. The first-order chi connectivity index (χ1) is 9.79. The number of nitrogens with zero attached hydrogens (tertiary/aromatic N) is 1. The summed E-state index contributed by atoms with van der Waals surface area (Å²) >= 11 is 0. The lowest BCUT2D eigenvalue weighted by Crippen LogP contribution is -2.40. The van der Waals surface area contributed by atoms with Crippen LogP contribution in [0.4, 0.5) is 8.78 Å². The predicted octanol–water partition coefficient (Wildman–Crippen LogP) is 4.20. The summed E-state index contributed by atoms with van der Waals surface area (Å²) in [4.78, 5) is 2.08. The van der Waals surface area contributed by atoms with Gasteiger partial charge in [0.2, 0.25) is 0 Å². The maximum atomic E-state index is 13.5. The Kier molecular flexibility index (Phi) is 5.21. The first-order valence-electron chi connectivity index (χ1n) is 7.49. The Balaban J connectivity index is 2.13. The number of hydrogen-bond donors (Lipinski definition) is 1. The quantitative estimate of drug-likeness (QED) is 0.842. The molecule has 21 heavy (non-hydrogen) atoms. The fourth-order valence-corrected chi connectivity index (χ4v) is 3.43. The second-order valence-electron chi connectivity index (χ2n) is 6.25. The molecule has 2 unspecified atom stereocenters. The molecule has 1 N–H and O–H groups in total. The lowest BCUT2D eigenvalue weighted by Gasteiger charge is -2.35. The van der Waals surface area contributed by atoms with Crippen LogP contribution >= 0.6 is 9.24 Å². The monoisotopic (exact) mass is 315 g/mol. The molecule has 1 heterocycles. The Bertz CT molecular complexity index is 488. The highest BCUT2D eigenvalue weighted by molar-refractivity contribution is 7.18. The van der Waals surface area contributed by atoms with E-state index in [1.807, 2.05) is 26.0 Å². The van der Waals surface area contributed by atoms with Crippen molar-refractivity contribution in [2.24, 2.45) is 5.92 Å². The van der Waals surface area contributed by atoms with Crippen LogP contribution in [0.25, 0.3) is 0 Å². The van der Waals surface area contributed by atoms with Crippen molar-refractivity contribution in [1.82, 2.24) is 4.90 Å². The highest BCUT2D eigenvalue weighted by Crippen LogP contribution is 2.38. The van der Waals surface area contributed by atoms with E-state index in [0.717, 1.165) is 24.1 Å². The molecule has 0 amide bonds. The highest BCUT2D eigenvalue weighted by atomic mass is 31.0. The third kappa shape index (κ3) is 4.14. The van der Waals surface area contributed by atoms with Gasteiger partial charge in [0, 0.05) is 24.6 Å². The molecule has 1 aromatic carbocycles. The van der Waals surface area contributed by atoms with Crippen LogP contribution < -0.4 is 0 Å². The summed E-state index contributed by atoms with van der Waals surface area (Å²) in [6, 6.07) is 5.49. The van der Waals surface area contributed by atoms with E-state index in [1.165, 1.54) is 0 Å². The summed E-state index contributed by atoms with van der Waals surface area (Å²) in [5.41, 5.74) is -0.728. The van der Waals surface area contributed by atoms with Crippen molar-refractivity contribution in [2.45, 2.75) is 44.8 Å². The number of phenols is 1. The zero-order valence-electron chi connectivity index (χ0n) is 12.6. The fraction of sp³-hybridized carbons (Fsp3) is 0.625. The number of hydrogen-bond acceptors (Lipinski definition) is 2. The Hall–Kier alpha value is -0.730. The van der Waals surface area contributed by atoms with Gasteiger partial charge in [-0.25, -0.2) is 8.78 Å². The summed E-state index contributed by atoms with van der Waals surface area (Å²) in [5, 5.41) is 10.0. The molecule has 0 bridgehead atoms. The molecule has 2 rings (SSSR count). The van der Waals surface area contributed by atoms with Crippen molar-refractivity contribution in [3.05, 3.63) is 29.3 Å². The van der Waals surface area contributed by atoms with Crippen LogP contribution in [0.1, 0.15) is 43.7 Å². The number of benzene rings is 1. The van der Waals surface area contributed by atoms with Crippen LogP contribution in [-0.4, -0.2) is 28.8 Å². The molecule has 0 spiro atoms. The van der Waals surface area contributed by atoms with E-state index in [4.69, 9.17) is 0 Å². The zero-order valence-corrected chi connectivity index (χ0v) is 13.8. The van der Waals surface area contributed by atoms with Gasteiger partial charge in [0.15, 0.2) is 0 Å². The number of alkyl halides is 2. The van der Waals surface area contributed by atoms with Crippen LogP contribution in [0.3, 0.4) is 0 Å². The molecule has 0 aliphatic carbocycles. The van der Waals surface area contributed by atoms with Crippen molar-refractivity contribution in [1.29, 1.82) is 0 Å². The molecular weight excluding hydrogens is 291 g/mol. The summed E-state index contributed by atoms with van der Waals surface area (Å²) in [6.07, 6.45) is 1.37. The minimum atomic E-state index is -2.70. The second kappa shape index (κ2) is 6.58. The third-order valence-electron chi connectivity index (χ3n) is 4.19. The molecule has 118 valence electrons. The molecule has 1 aliphatic rings. The Morgan fingerprint density at radius 2 is 2.14 bits per heavy atom. The molecule has 2 atom stereocenters. The zero-order chi connectivity index (χ0) is 15.6. The Labute approximate surface area is 127 Å². The molecule has 1 aromatic rings. The third-order valence-corrected chi connectivity index (χ3v) is 4.67. The summed E-state index contributed by atoms with van der Waals surface area (Å²) in [5.74, 6) is -0.0894. The van der Waals surface area contributed by atoms with E-state index in [9.17, 15) is 13.9 Å². The van der Waals surface area contributed by atoms with E-state index in [1.54, 1.807) is 15.3 Å². The topological polar surface area (TPSA) is 23.5 Å². The van der Waals surface area contributed by atoms with Gasteiger partial charge in [-0.1, -0.05) is 35.2 Å². The van der Waals surface area contributed by atoms with Gasteiger partial charge < -0.3 is 5.11 Å². The average Bonchev–Trinajstić information content (AvgIpc) is 2.37. The van der Waals surface area contributed by atoms with Gasteiger partial charge in [0.1, 0.15) is 5.75 Å². The van der Waals surface area contributed by atoms with E-state index in [2.05, 4.69) is 4.90 Å². The van der Waals surface area contributed by atoms with Crippen LogP contribution in [0.5, 0.6) is 5.75 Å². The van der Waals surface area contributed by atoms with Gasteiger partial charge in [-0.2, -0.15) is 0 Å². The van der Waals surface area contributed by atoms with Gasteiger partial charge in [0.25, 0.3) is 5.66 Å². The van der Waals surface area contributed by atoms with Crippen molar-refractivity contribution >= 4 is 9.24 Å². The summed E-state index contributed by atoms with van der Waals surface area (Å²) < 4.78 is 27.0. The molecule has 1 aliphatic heterocycles. The fourth-order valence-electron chi connectivity index (χ4n) is 3.16. The predicted molar refractivity (Wildman–Crippen MR) is 84.9 cm³/mol. The SMILES string of the molecule is CC(C)c1c(O)cccc1CN1CCCC(C(F)(F)P)C1. The lowest BCUT2D eigenvalue weighted by molar-refractivity contribution is -0.00566. The maximum Gasteiger partial charge on any atom is 0.262 e. The highest BCUT2D eigenvalue weighted by Gasteiger charge is 2.37. The second-order valence-corrected chi connectivity index (χ2v) is 7.02. The van der Waals surface area contributed by atoms with Crippen LogP contribution in [0.2, 0.25) is 0 Å². The normalized spacial score (nSPS) is 21.0. The number of phenolic OH excluding ortho intramolecular Hbond substituents is 1. The van der Waals surface area contributed by atoms with E-state index in [0.29, 0.717) is 25.3 Å². The standard InChI is InChI=1S/C16H24F2NOP/c1-11(2)15-12(5-3-7-14(15)20)9-19-8-4-6-13(10-19)16(17,18)21/h3,5,7,11,13,20H,4,6,8-10,21H2,1-2H3. The molecule has 2 nitrogen and oxygen atoms in total. The van der Waals surface area contributed by atoms with Gasteiger partial charge in [0.05, 0.1) is 0 Å². The molecule has 0 aromatic heterocycles. The number of aromatic hydroxyl groups is 1. The lowest BCUT2D eigenvalue weighted by atomic mass is 9.93. The molecule has 1 fully saturated rings. The molecule has 5 heteroatoms. The minimum absolute atomic E-state index is 0.213. The van der Waals surface area contributed by atoms with Gasteiger partial charge in [-0.3, -0.25) is 4.90 Å². The minimum Gasteiger partial charge on any atom is -0.508 e. The van der Waals surface area contributed by atoms with Crippen LogP contribution in [0, 0.1) is 5.92 Å². The summed E-state index contributed by atoms with van der Waals surface area (Å²) in [6.45, 7) is 5.94. The van der Waals surface area contributed by atoms with Crippen molar-refractivity contribution in [2.75, 3.05) is 13.1 Å². The average molecular weight is 315 g/mol. The first-order valence-corrected chi connectivity index (χ1v) is 8.06. The molecule has 0 saturated carbocycles. The largest absolute Gasteiger partial charge is 0.508 e. The van der Waals surface area contributed by atoms with E-state index >= 15 is 0 Å². The number of piperidine rings is 1. The molecular formula is C16H24F2NOP. The Morgan fingerprint density at radius 1 is 1.43 bits per heavy atom. The smallest absolute Gasteiger partial charge is 0.262 e.